The molecule has 0 unspecified atom stereocenters. The van der Waals surface area contributed by atoms with Crippen molar-refractivity contribution in [3.05, 3.63) is 59.7 Å². The second kappa shape index (κ2) is 11.7. The minimum absolute atomic E-state index is 0.274. The van der Waals surface area contributed by atoms with Gasteiger partial charge in [0, 0.05) is 11.3 Å². The summed E-state index contributed by atoms with van der Waals surface area (Å²) in [5.41, 5.74) is 2.70. The zero-order chi connectivity index (χ0) is 24.6. The third-order valence-electron chi connectivity index (χ3n) is 5.28. The van der Waals surface area contributed by atoms with Gasteiger partial charge in [0.1, 0.15) is 11.5 Å². The molecule has 0 radical (unpaired) electrons. The summed E-state index contributed by atoms with van der Waals surface area (Å²) in [5.74, 6) is 2.20. The van der Waals surface area contributed by atoms with E-state index in [0.717, 1.165) is 35.5 Å². The average Bonchev–Trinajstić information content (AvgIpc) is 3.32. The maximum atomic E-state index is 12.9. The van der Waals surface area contributed by atoms with E-state index in [1.54, 1.807) is 24.8 Å². The van der Waals surface area contributed by atoms with Gasteiger partial charge in [0.05, 0.1) is 31.6 Å². The van der Waals surface area contributed by atoms with E-state index < -0.39 is 5.97 Å². The molecule has 1 aliphatic heterocycles. The summed E-state index contributed by atoms with van der Waals surface area (Å²) in [7, 11) is 1.62. The Morgan fingerprint density at radius 3 is 2.49 bits per heavy atom. The zero-order valence-electron chi connectivity index (χ0n) is 20.1. The van der Waals surface area contributed by atoms with Crippen LogP contribution in [-0.2, 0) is 9.53 Å². The van der Waals surface area contributed by atoms with Crippen molar-refractivity contribution in [3.63, 3.8) is 0 Å². The van der Waals surface area contributed by atoms with Crippen LogP contribution in [0.2, 0.25) is 0 Å². The van der Waals surface area contributed by atoms with Crippen molar-refractivity contribution in [3.8, 4) is 22.9 Å². The third kappa shape index (κ3) is 5.92. The van der Waals surface area contributed by atoms with Crippen LogP contribution in [0.5, 0.6) is 11.5 Å². The first kappa shape index (κ1) is 24.5. The van der Waals surface area contributed by atoms with Gasteiger partial charge >= 0.3 is 5.97 Å². The van der Waals surface area contributed by atoms with E-state index >= 15 is 0 Å². The van der Waals surface area contributed by atoms with Gasteiger partial charge in [-0.25, -0.2) is 4.79 Å². The highest BCUT2D eigenvalue weighted by molar-refractivity contribution is 7.99. The summed E-state index contributed by atoms with van der Waals surface area (Å²) in [6.07, 6.45) is 3.89. The van der Waals surface area contributed by atoms with Gasteiger partial charge in [-0.2, -0.15) is 9.78 Å². The fourth-order valence-corrected chi connectivity index (χ4v) is 4.24. The molecule has 0 fully saturated rings. The number of carbonyl (C=O) groups is 1. The second-order valence-electron chi connectivity index (χ2n) is 7.73. The van der Waals surface area contributed by atoms with E-state index in [1.807, 2.05) is 48.5 Å². The fourth-order valence-electron chi connectivity index (χ4n) is 3.41. The number of benzene rings is 2. The number of hydrogen-bond donors (Lipinski definition) is 0. The number of aromatic nitrogens is 3. The maximum absolute atomic E-state index is 12.9. The van der Waals surface area contributed by atoms with Crippen molar-refractivity contribution in [2.75, 3.05) is 26.1 Å². The van der Waals surface area contributed by atoms with Crippen LogP contribution in [0.4, 0.5) is 0 Å². The topological polar surface area (TPSA) is 87.8 Å². The number of rotatable bonds is 10. The molecule has 182 valence electrons. The highest BCUT2D eigenvalue weighted by atomic mass is 32.2. The third-order valence-corrected chi connectivity index (χ3v) is 6.21. The van der Waals surface area contributed by atoms with Gasteiger partial charge < -0.3 is 14.2 Å². The summed E-state index contributed by atoms with van der Waals surface area (Å²) >= 11 is 1.47. The number of thioether (sulfide) groups is 1. The van der Waals surface area contributed by atoms with Crippen LogP contribution in [0.3, 0.4) is 0 Å². The first-order valence-corrected chi connectivity index (χ1v) is 12.5. The molecule has 0 bridgehead atoms. The highest BCUT2D eigenvalue weighted by Gasteiger charge is 2.25. The number of hydrogen-bond acceptors (Lipinski definition) is 8. The zero-order valence-corrected chi connectivity index (χ0v) is 20.9. The van der Waals surface area contributed by atoms with Crippen LogP contribution in [0.1, 0.15) is 32.3 Å². The Balaban J connectivity index is 1.66. The van der Waals surface area contributed by atoms with Crippen LogP contribution in [-0.4, -0.2) is 52.6 Å². The molecule has 0 N–H and O–H groups in total. The van der Waals surface area contributed by atoms with E-state index in [4.69, 9.17) is 19.3 Å². The van der Waals surface area contributed by atoms with Crippen molar-refractivity contribution >= 4 is 29.5 Å². The van der Waals surface area contributed by atoms with Crippen LogP contribution in [0.15, 0.2) is 64.4 Å². The van der Waals surface area contributed by atoms with Gasteiger partial charge in [-0.1, -0.05) is 37.2 Å². The van der Waals surface area contributed by atoms with Gasteiger partial charge in [-0.05, 0) is 61.4 Å². The molecule has 0 saturated heterocycles. The normalized spacial score (nSPS) is 13.1. The Morgan fingerprint density at radius 1 is 1.06 bits per heavy atom. The van der Waals surface area contributed by atoms with E-state index in [0.29, 0.717) is 34.6 Å². The Bertz CT molecular complexity index is 1220. The molecule has 3 aromatic rings. The second-order valence-corrected chi connectivity index (χ2v) is 8.67. The van der Waals surface area contributed by atoms with Crippen molar-refractivity contribution in [2.45, 2.75) is 31.8 Å². The molecule has 0 atom stereocenters. The van der Waals surface area contributed by atoms with Crippen molar-refractivity contribution < 1.29 is 19.0 Å². The number of carbonyl (C=O) groups excluding carboxylic acids is 1. The summed E-state index contributed by atoms with van der Waals surface area (Å²) in [5, 5.41) is 14.0. The summed E-state index contributed by atoms with van der Waals surface area (Å²) in [4.78, 5) is 12.9. The first-order chi connectivity index (χ1) is 17.1. The molecule has 1 aromatic heterocycles. The molecule has 8 nitrogen and oxygen atoms in total. The molecular weight excluding hydrogens is 464 g/mol. The molecule has 4 rings (SSSR count). The number of nitrogens with zero attached hydrogens (tertiary/aromatic N) is 4. The Hall–Kier alpha value is -3.59. The molecule has 35 heavy (non-hydrogen) atoms. The summed E-state index contributed by atoms with van der Waals surface area (Å²) < 4.78 is 18.0. The van der Waals surface area contributed by atoms with Crippen LogP contribution in [0.25, 0.3) is 17.5 Å². The van der Waals surface area contributed by atoms with Gasteiger partial charge in [0.25, 0.3) is 0 Å². The van der Waals surface area contributed by atoms with Crippen LogP contribution in [0, 0.1) is 0 Å². The minimum Gasteiger partial charge on any atom is -0.497 e. The number of unbranched alkanes of at least 4 members (excludes halogenated alkanes) is 1. The number of fused-ring (bicyclic) bond motifs is 1. The standard InChI is InChI=1S/C26H28N4O4S/c1-4-6-15-34-21-11-7-18(8-12-21)16-22(25(31)33-5-2)23-17-35-26-28-27-24(30(26)29-23)19-9-13-20(32-3)14-10-19/h7-14,16H,4-6,15,17H2,1-3H3/b22-16-. The number of ether oxygens (including phenoxy) is 3. The largest absolute Gasteiger partial charge is 0.497 e. The smallest absolute Gasteiger partial charge is 0.340 e. The average molecular weight is 493 g/mol. The molecular formula is C26H28N4O4S. The lowest BCUT2D eigenvalue weighted by Gasteiger charge is -2.16. The maximum Gasteiger partial charge on any atom is 0.340 e. The van der Waals surface area contributed by atoms with Gasteiger partial charge in [0.2, 0.25) is 5.16 Å². The van der Waals surface area contributed by atoms with E-state index in [-0.39, 0.29) is 6.61 Å². The molecule has 2 aromatic carbocycles. The SMILES string of the molecule is CCCCOc1ccc(/C=C(\C(=O)OCC)C2=Nn3c(nnc3-c3ccc(OC)cc3)SC2)cc1. The summed E-state index contributed by atoms with van der Waals surface area (Å²) in [6, 6.07) is 15.2. The molecule has 0 aliphatic carbocycles. The van der Waals surface area contributed by atoms with Gasteiger partial charge in [-0.3, -0.25) is 0 Å². The summed E-state index contributed by atoms with van der Waals surface area (Å²) in [6.45, 7) is 4.87. The van der Waals surface area contributed by atoms with Crippen molar-refractivity contribution in [1.29, 1.82) is 0 Å². The molecule has 9 heteroatoms. The minimum atomic E-state index is -0.419. The Kier molecular flexibility index (Phi) is 8.20. The molecule has 1 aliphatic rings. The van der Waals surface area contributed by atoms with Gasteiger partial charge in [0.15, 0.2) is 5.82 Å². The van der Waals surface area contributed by atoms with E-state index in [9.17, 15) is 4.79 Å². The number of esters is 1. The predicted molar refractivity (Wildman–Crippen MR) is 137 cm³/mol. The number of methoxy groups -OCH3 is 1. The van der Waals surface area contributed by atoms with Crippen molar-refractivity contribution in [2.24, 2.45) is 5.10 Å². The molecule has 0 saturated carbocycles. The molecule has 2 heterocycles. The lowest BCUT2D eigenvalue weighted by atomic mass is 10.1. The lowest BCUT2D eigenvalue weighted by Crippen LogP contribution is -2.21. The lowest BCUT2D eigenvalue weighted by molar-refractivity contribution is -0.137. The molecule has 0 amide bonds. The quantitative estimate of drug-likeness (QED) is 0.221. The van der Waals surface area contributed by atoms with Crippen LogP contribution < -0.4 is 9.47 Å². The monoisotopic (exact) mass is 492 g/mol. The predicted octanol–water partition coefficient (Wildman–Crippen LogP) is 5.09. The van der Waals surface area contributed by atoms with Gasteiger partial charge in [-0.15, -0.1) is 10.2 Å². The van der Waals surface area contributed by atoms with Crippen molar-refractivity contribution in [1.82, 2.24) is 14.9 Å². The highest BCUT2D eigenvalue weighted by Crippen LogP contribution is 2.30. The molecule has 0 spiro atoms. The fraction of sp³-hybridized carbons (Fsp3) is 0.308. The van der Waals surface area contributed by atoms with Crippen LogP contribution >= 0.6 is 11.8 Å². The Morgan fingerprint density at radius 2 is 1.80 bits per heavy atom. The van der Waals surface area contributed by atoms with E-state index in [1.165, 1.54) is 11.8 Å². The first-order valence-electron chi connectivity index (χ1n) is 11.6. The van der Waals surface area contributed by atoms with E-state index in [2.05, 4.69) is 17.1 Å². The Labute approximate surface area is 209 Å².